The minimum absolute atomic E-state index is 0.480. The third-order valence-corrected chi connectivity index (χ3v) is 1.74. The number of hydrogen-bond acceptors (Lipinski definition) is 6. The topological polar surface area (TPSA) is 127 Å². The fraction of sp³-hybridized carbons (Fsp3) is 0. The molecule has 0 aliphatic heterocycles. The van der Waals surface area contributed by atoms with Gasteiger partial charge in [-0.2, -0.15) is 8.42 Å². The van der Waals surface area contributed by atoms with Crippen LogP contribution < -0.4 is 4.18 Å². The van der Waals surface area contributed by atoms with Crippen LogP contribution in [0.15, 0.2) is 18.2 Å². The largest absolute Gasteiger partial charge is 0.504 e. The summed E-state index contributed by atoms with van der Waals surface area (Å²) in [6.45, 7) is 0. The van der Waals surface area contributed by atoms with Gasteiger partial charge < -0.3 is 9.29 Å². The van der Waals surface area contributed by atoms with Gasteiger partial charge in [0.25, 0.3) is 5.69 Å². The smallest absolute Gasteiger partial charge is 0.446 e. The second kappa shape index (κ2) is 3.71. The summed E-state index contributed by atoms with van der Waals surface area (Å²) in [5.74, 6) is -1.36. The van der Waals surface area contributed by atoms with Crippen molar-refractivity contribution in [3.05, 3.63) is 28.3 Å². The summed E-state index contributed by atoms with van der Waals surface area (Å²) in [4.78, 5) is 9.48. The Hall–Kier alpha value is -1.87. The predicted molar refractivity (Wildman–Crippen MR) is 46.9 cm³/mol. The lowest BCUT2D eigenvalue weighted by Crippen LogP contribution is -2.06. The van der Waals surface area contributed by atoms with Gasteiger partial charge in [-0.05, 0) is 6.07 Å². The standard InChI is InChI=1S/C6H5NO7S/c8-5-2-1-4(7(9)10)3-6(5)14-15(11,12)13/h1-3,8H,(H,11,12,13). The van der Waals surface area contributed by atoms with E-state index in [2.05, 4.69) is 4.18 Å². The molecular weight excluding hydrogens is 230 g/mol. The molecule has 1 rings (SSSR count). The van der Waals surface area contributed by atoms with Crippen LogP contribution in [-0.2, 0) is 10.4 Å². The summed E-state index contributed by atoms with van der Waals surface area (Å²) in [6.07, 6.45) is 0. The molecule has 0 bridgehead atoms. The van der Waals surface area contributed by atoms with E-state index in [4.69, 9.17) is 9.66 Å². The molecule has 82 valence electrons. The third-order valence-electron chi connectivity index (χ3n) is 1.35. The molecular formula is C6H5NO7S. The van der Waals surface area contributed by atoms with Gasteiger partial charge in [0.05, 0.1) is 11.0 Å². The van der Waals surface area contributed by atoms with E-state index in [1.165, 1.54) is 0 Å². The quantitative estimate of drug-likeness (QED) is 0.443. The minimum atomic E-state index is -4.82. The van der Waals surface area contributed by atoms with E-state index in [-0.39, 0.29) is 0 Å². The van der Waals surface area contributed by atoms with Crippen molar-refractivity contribution in [2.45, 2.75) is 0 Å². The lowest BCUT2D eigenvalue weighted by molar-refractivity contribution is -0.384. The number of non-ortho nitro benzene ring substituents is 1. The van der Waals surface area contributed by atoms with Gasteiger partial charge in [-0.15, -0.1) is 0 Å². The molecule has 8 nitrogen and oxygen atoms in total. The van der Waals surface area contributed by atoms with Crippen LogP contribution in [0.5, 0.6) is 11.5 Å². The van der Waals surface area contributed by atoms with Crippen LogP contribution >= 0.6 is 0 Å². The molecule has 0 saturated carbocycles. The maximum absolute atomic E-state index is 10.3. The van der Waals surface area contributed by atoms with E-state index in [1.807, 2.05) is 0 Å². The first-order valence-electron chi connectivity index (χ1n) is 3.44. The second-order valence-electron chi connectivity index (χ2n) is 2.42. The zero-order valence-electron chi connectivity index (χ0n) is 7.02. The zero-order chi connectivity index (χ0) is 11.6. The zero-order valence-corrected chi connectivity index (χ0v) is 7.84. The number of nitrogens with zero attached hydrogens (tertiary/aromatic N) is 1. The Morgan fingerprint density at radius 3 is 2.47 bits per heavy atom. The SMILES string of the molecule is O=[N+]([O-])c1ccc(O)c(OS(=O)(=O)O)c1. The fourth-order valence-electron chi connectivity index (χ4n) is 0.797. The summed E-state index contributed by atoms with van der Waals surface area (Å²) in [5.41, 5.74) is -0.480. The number of phenols is 1. The summed E-state index contributed by atoms with van der Waals surface area (Å²) in [5, 5.41) is 19.3. The highest BCUT2D eigenvalue weighted by atomic mass is 32.3. The number of phenolic OH excluding ortho intramolecular Hbond substituents is 1. The van der Waals surface area contributed by atoms with Crippen LogP contribution in [0.4, 0.5) is 5.69 Å². The van der Waals surface area contributed by atoms with Gasteiger partial charge in [-0.1, -0.05) is 0 Å². The number of rotatable bonds is 3. The van der Waals surface area contributed by atoms with Crippen molar-refractivity contribution in [3.63, 3.8) is 0 Å². The molecule has 1 aromatic carbocycles. The van der Waals surface area contributed by atoms with Gasteiger partial charge in [0, 0.05) is 6.07 Å². The Kier molecular flexibility index (Phi) is 2.77. The molecule has 0 aliphatic rings. The molecule has 0 atom stereocenters. The van der Waals surface area contributed by atoms with Gasteiger partial charge in [-0.3, -0.25) is 14.7 Å². The highest BCUT2D eigenvalue weighted by Crippen LogP contribution is 2.30. The molecule has 0 aromatic heterocycles. The van der Waals surface area contributed by atoms with Crippen LogP contribution in [-0.4, -0.2) is 23.0 Å². The van der Waals surface area contributed by atoms with Crippen molar-refractivity contribution >= 4 is 16.1 Å². The van der Waals surface area contributed by atoms with Gasteiger partial charge in [0.2, 0.25) is 0 Å². The molecule has 0 amide bonds. The minimum Gasteiger partial charge on any atom is -0.504 e. The number of nitro benzene ring substituents is 1. The van der Waals surface area contributed by atoms with Crippen molar-refractivity contribution in [2.75, 3.05) is 0 Å². The molecule has 0 unspecified atom stereocenters. The van der Waals surface area contributed by atoms with Crippen molar-refractivity contribution in [1.82, 2.24) is 0 Å². The van der Waals surface area contributed by atoms with Gasteiger partial charge in [0.1, 0.15) is 0 Å². The lowest BCUT2D eigenvalue weighted by Gasteiger charge is -2.02. The van der Waals surface area contributed by atoms with Crippen molar-refractivity contribution in [3.8, 4) is 11.5 Å². The van der Waals surface area contributed by atoms with Crippen molar-refractivity contribution in [1.29, 1.82) is 0 Å². The summed E-state index contributed by atoms with van der Waals surface area (Å²) in [7, 11) is -4.82. The molecule has 0 fully saturated rings. The lowest BCUT2D eigenvalue weighted by atomic mass is 10.3. The van der Waals surface area contributed by atoms with Gasteiger partial charge in [-0.25, -0.2) is 0 Å². The molecule has 15 heavy (non-hydrogen) atoms. The number of nitro groups is 1. The Bertz CT molecular complexity index is 494. The normalized spacial score (nSPS) is 11.0. The second-order valence-corrected chi connectivity index (χ2v) is 3.44. The first-order chi connectivity index (χ1) is 6.79. The summed E-state index contributed by atoms with van der Waals surface area (Å²) in [6, 6.07) is 2.49. The monoisotopic (exact) mass is 235 g/mol. The molecule has 0 heterocycles. The van der Waals surface area contributed by atoms with Gasteiger partial charge >= 0.3 is 10.4 Å². The van der Waals surface area contributed by atoms with Gasteiger partial charge in [0.15, 0.2) is 11.5 Å². The first-order valence-corrected chi connectivity index (χ1v) is 4.80. The van der Waals surface area contributed by atoms with E-state index in [0.29, 0.717) is 6.07 Å². The molecule has 9 heteroatoms. The van der Waals surface area contributed by atoms with Crippen LogP contribution in [0.3, 0.4) is 0 Å². The molecule has 0 saturated heterocycles. The summed E-state index contributed by atoms with van der Waals surface area (Å²) < 4.78 is 32.8. The highest BCUT2D eigenvalue weighted by Gasteiger charge is 2.16. The first kappa shape index (κ1) is 11.2. The predicted octanol–water partition coefficient (Wildman–Crippen LogP) is 0.482. The van der Waals surface area contributed by atoms with Crippen LogP contribution in [0.2, 0.25) is 0 Å². The van der Waals surface area contributed by atoms with Crippen molar-refractivity contribution < 1.29 is 27.2 Å². The van der Waals surface area contributed by atoms with E-state index >= 15 is 0 Å². The molecule has 1 aromatic rings. The van der Waals surface area contributed by atoms with Crippen LogP contribution in [0.25, 0.3) is 0 Å². The van der Waals surface area contributed by atoms with Crippen LogP contribution in [0, 0.1) is 10.1 Å². The Morgan fingerprint density at radius 1 is 1.40 bits per heavy atom. The van der Waals surface area contributed by atoms with E-state index in [0.717, 1.165) is 12.1 Å². The van der Waals surface area contributed by atoms with E-state index < -0.39 is 32.5 Å². The average Bonchev–Trinajstić information content (AvgIpc) is 2.06. The Balaban J connectivity index is 3.17. The average molecular weight is 235 g/mol. The maximum Gasteiger partial charge on any atom is 0.446 e. The Morgan fingerprint density at radius 2 is 2.00 bits per heavy atom. The van der Waals surface area contributed by atoms with E-state index in [9.17, 15) is 18.5 Å². The molecule has 0 aliphatic carbocycles. The third kappa shape index (κ3) is 3.07. The molecule has 0 spiro atoms. The van der Waals surface area contributed by atoms with E-state index in [1.54, 1.807) is 0 Å². The van der Waals surface area contributed by atoms with Crippen LogP contribution in [0.1, 0.15) is 0 Å². The number of aromatic hydroxyl groups is 1. The Labute approximate surface area is 83.8 Å². The highest BCUT2D eigenvalue weighted by molar-refractivity contribution is 7.81. The maximum atomic E-state index is 10.3. The number of benzene rings is 1. The van der Waals surface area contributed by atoms with Crippen molar-refractivity contribution in [2.24, 2.45) is 0 Å². The molecule has 0 radical (unpaired) electrons. The summed E-state index contributed by atoms with van der Waals surface area (Å²) >= 11 is 0. The fourth-order valence-corrected chi connectivity index (χ4v) is 1.16. The number of hydrogen-bond donors (Lipinski definition) is 2. The molecule has 2 N–H and O–H groups in total.